The molecule has 0 spiro atoms. The normalized spacial score (nSPS) is 10.7. The Hall–Kier alpha value is -8.08. The molecule has 0 saturated heterocycles. The molecule has 0 N–H and O–H groups in total. The van der Waals surface area contributed by atoms with Crippen LogP contribution in [0.1, 0.15) is 33.4 Å². The number of carbonyl (C=O) groups excluding carboxylic acids is 2. The predicted octanol–water partition coefficient (Wildman–Crippen LogP) is 9.18. The van der Waals surface area contributed by atoms with E-state index in [0.717, 1.165) is 56.6 Å². The molecule has 0 aliphatic heterocycles. The summed E-state index contributed by atoms with van der Waals surface area (Å²) in [5, 5.41) is 0. The Kier molecular flexibility index (Phi) is 16.1. The fourth-order valence-corrected chi connectivity index (χ4v) is 6.70. The van der Waals surface area contributed by atoms with Crippen LogP contribution in [0.4, 0.5) is 11.4 Å². The lowest BCUT2D eigenvalue weighted by Gasteiger charge is -2.25. The van der Waals surface area contributed by atoms with Crippen molar-refractivity contribution >= 4 is 23.3 Å². The molecule has 10 nitrogen and oxygen atoms in total. The van der Waals surface area contributed by atoms with E-state index >= 15 is 0 Å². The van der Waals surface area contributed by atoms with Gasteiger partial charge in [-0.3, -0.25) is 0 Å². The van der Waals surface area contributed by atoms with Gasteiger partial charge in [-0.05, 0) is 119 Å². The average Bonchev–Trinajstić information content (AvgIpc) is 3.35. The smallest absolute Gasteiger partial charge is 0.348 e. The first-order chi connectivity index (χ1) is 31.2. The Labute approximate surface area is 375 Å². The lowest BCUT2D eigenvalue weighted by atomic mass is 10.1. The number of hydrogen-bond acceptors (Lipinski definition) is 10. The lowest BCUT2D eigenvalue weighted by molar-refractivity contribution is -0.138. The third kappa shape index (κ3) is 12.5. The highest BCUT2D eigenvalue weighted by Gasteiger charge is 2.20. The molecule has 0 saturated carbocycles. The van der Waals surface area contributed by atoms with E-state index in [9.17, 15) is 9.59 Å². The van der Waals surface area contributed by atoms with Gasteiger partial charge in [-0.15, -0.1) is 0 Å². The van der Waals surface area contributed by atoms with E-state index in [4.69, 9.17) is 28.4 Å². The SMILES string of the molecule is COC(=O)/C(C#Cc1ccc(N(Cc2ccc(OC)cc2)Cc2ccc(OC)cc2)cc1)=C(\C#Cc1ccc(N(Cc2ccc(OC)cc2)Cc2ccc(OC)cc2)cc1)C(=O)OC. The Morgan fingerprint density at radius 3 is 0.844 bits per heavy atom. The molecule has 0 atom stereocenters. The van der Waals surface area contributed by atoms with Crippen molar-refractivity contribution in [2.45, 2.75) is 26.2 Å². The second kappa shape index (κ2) is 22.7. The Bertz CT molecular complexity index is 2350. The first kappa shape index (κ1) is 45.4. The zero-order valence-corrected chi connectivity index (χ0v) is 36.8. The van der Waals surface area contributed by atoms with Crippen LogP contribution in [0.5, 0.6) is 23.0 Å². The van der Waals surface area contributed by atoms with Gasteiger partial charge in [0, 0.05) is 48.7 Å². The number of esters is 2. The summed E-state index contributed by atoms with van der Waals surface area (Å²) in [6.45, 7) is 2.52. The quantitative estimate of drug-likeness (QED) is 0.0533. The van der Waals surface area contributed by atoms with E-state index in [1.807, 2.05) is 146 Å². The maximum absolute atomic E-state index is 13.2. The summed E-state index contributed by atoms with van der Waals surface area (Å²) >= 11 is 0. The minimum atomic E-state index is -0.813. The molecule has 6 aromatic rings. The summed E-state index contributed by atoms with van der Waals surface area (Å²) in [5.74, 6) is 13.3. The highest BCUT2D eigenvalue weighted by molar-refractivity contribution is 6.06. The van der Waals surface area contributed by atoms with Crippen LogP contribution in [0.25, 0.3) is 0 Å². The van der Waals surface area contributed by atoms with Gasteiger partial charge in [0.05, 0.1) is 42.7 Å². The van der Waals surface area contributed by atoms with Crippen LogP contribution in [-0.2, 0) is 45.2 Å². The number of carbonyl (C=O) groups is 2. The molecule has 0 amide bonds. The Morgan fingerprint density at radius 1 is 0.375 bits per heavy atom. The number of rotatable bonds is 16. The number of methoxy groups -OCH3 is 6. The third-order valence-electron chi connectivity index (χ3n) is 10.3. The van der Waals surface area contributed by atoms with Crippen molar-refractivity contribution in [3.05, 3.63) is 190 Å². The molecule has 324 valence electrons. The van der Waals surface area contributed by atoms with Gasteiger partial charge in [-0.25, -0.2) is 9.59 Å². The summed E-state index contributed by atoms with van der Waals surface area (Å²) in [7, 11) is 9.04. The van der Waals surface area contributed by atoms with Crippen LogP contribution in [0.3, 0.4) is 0 Å². The van der Waals surface area contributed by atoms with Gasteiger partial charge < -0.3 is 38.2 Å². The predicted molar refractivity (Wildman–Crippen MR) is 249 cm³/mol. The molecule has 6 rings (SSSR count). The Balaban J connectivity index is 1.26. The van der Waals surface area contributed by atoms with Crippen molar-refractivity contribution in [1.29, 1.82) is 0 Å². The third-order valence-corrected chi connectivity index (χ3v) is 10.3. The van der Waals surface area contributed by atoms with Gasteiger partial charge in [0.25, 0.3) is 0 Å². The van der Waals surface area contributed by atoms with Crippen LogP contribution in [0.15, 0.2) is 157 Å². The molecule has 6 aromatic carbocycles. The topological polar surface area (TPSA) is 96.0 Å². The monoisotopic (exact) mass is 854 g/mol. The number of anilines is 2. The molecule has 0 aliphatic carbocycles. The first-order valence-corrected chi connectivity index (χ1v) is 20.4. The minimum absolute atomic E-state index is 0.214. The average molecular weight is 855 g/mol. The number of nitrogens with zero attached hydrogens (tertiary/aromatic N) is 2. The van der Waals surface area contributed by atoms with Crippen LogP contribution < -0.4 is 28.7 Å². The summed E-state index contributed by atoms with van der Waals surface area (Å²) < 4.78 is 31.6. The van der Waals surface area contributed by atoms with Crippen molar-refractivity contribution in [3.8, 4) is 46.7 Å². The lowest BCUT2D eigenvalue weighted by Crippen LogP contribution is -2.22. The fourth-order valence-electron chi connectivity index (χ4n) is 6.70. The highest BCUT2D eigenvalue weighted by atomic mass is 16.5. The molecular formula is C54H50N2O8. The molecule has 0 radical (unpaired) electrons. The molecule has 0 aliphatic rings. The van der Waals surface area contributed by atoms with Crippen molar-refractivity contribution in [2.75, 3.05) is 52.5 Å². The van der Waals surface area contributed by atoms with Gasteiger partial charge in [0.15, 0.2) is 0 Å². The molecule has 0 bridgehead atoms. The second-order valence-corrected chi connectivity index (χ2v) is 14.4. The molecular weight excluding hydrogens is 805 g/mol. The van der Waals surface area contributed by atoms with Crippen molar-refractivity contribution in [1.82, 2.24) is 0 Å². The number of hydrogen-bond donors (Lipinski definition) is 0. The van der Waals surface area contributed by atoms with E-state index in [1.54, 1.807) is 28.4 Å². The van der Waals surface area contributed by atoms with E-state index in [1.165, 1.54) is 14.2 Å². The number of ether oxygens (including phenoxy) is 6. The van der Waals surface area contributed by atoms with E-state index in [-0.39, 0.29) is 11.1 Å². The van der Waals surface area contributed by atoms with E-state index < -0.39 is 11.9 Å². The van der Waals surface area contributed by atoms with E-state index in [2.05, 4.69) is 33.5 Å². The zero-order valence-electron chi connectivity index (χ0n) is 36.8. The van der Waals surface area contributed by atoms with Crippen LogP contribution >= 0.6 is 0 Å². The molecule has 10 heteroatoms. The van der Waals surface area contributed by atoms with Gasteiger partial charge >= 0.3 is 11.9 Å². The molecule has 0 heterocycles. The van der Waals surface area contributed by atoms with Crippen LogP contribution in [0.2, 0.25) is 0 Å². The minimum Gasteiger partial charge on any atom is -0.497 e. The van der Waals surface area contributed by atoms with Crippen molar-refractivity contribution in [3.63, 3.8) is 0 Å². The molecule has 0 aromatic heterocycles. The molecule has 64 heavy (non-hydrogen) atoms. The van der Waals surface area contributed by atoms with Gasteiger partial charge in [-0.1, -0.05) is 72.2 Å². The molecule has 0 unspecified atom stereocenters. The summed E-state index contributed by atoms with van der Waals surface area (Å²) in [5.41, 5.74) is 7.13. The van der Waals surface area contributed by atoms with Gasteiger partial charge in [-0.2, -0.15) is 0 Å². The van der Waals surface area contributed by atoms with Crippen molar-refractivity contribution in [2.24, 2.45) is 0 Å². The number of benzene rings is 6. The summed E-state index contributed by atoms with van der Waals surface area (Å²) in [4.78, 5) is 30.8. The maximum Gasteiger partial charge on any atom is 0.348 e. The van der Waals surface area contributed by atoms with E-state index in [0.29, 0.717) is 37.3 Å². The second-order valence-electron chi connectivity index (χ2n) is 14.4. The fraction of sp³-hybridized carbons (Fsp3) is 0.185. The Morgan fingerprint density at radius 2 is 0.625 bits per heavy atom. The molecule has 0 fully saturated rings. The van der Waals surface area contributed by atoms with Gasteiger partial charge in [0.1, 0.15) is 34.1 Å². The van der Waals surface area contributed by atoms with Crippen LogP contribution in [0, 0.1) is 23.7 Å². The maximum atomic E-state index is 13.2. The zero-order chi connectivity index (χ0) is 45.3. The summed E-state index contributed by atoms with van der Waals surface area (Å²) in [6, 6.07) is 47.2. The first-order valence-electron chi connectivity index (χ1n) is 20.4. The standard InChI is InChI=1S/C54H50N2O8/c1-59-47-25-11-41(12-26-47)35-55(36-42-13-27-48(60-2)28-14-42)45-21-7-39(8-22-45)19-33-51(53(57)63-5)52(54(58)64-6)34-20-40-9-23-46(24-10-40)56(37-43-15-29-49(61-3)30-16-43)38-44-17-31-50(62-4)32-18-44/h7-18,21-32H,35-38H2,1-6H3/b52-51+. The van der Waals surface area contributed by atoms with Crippen LogP contribution in [-0.4, -0.2) is 54.6 Å². The van der Waals surface area contributed by atoms with Crippen molar-refractivity contribution < 1.29 is 38.0 Å². The largest absolute Gasteiger partial charge is 0.497 e. The highest BCUT2D eigenvalue weighted by Crippen LogP contribution is 2.25. The summed E-state index contributed by atoms with van der Waals surface area (Å²) in [6.07, 6.45) is 0. The van der Waals surface area contributed by atoms with Gasteiger partial charge in [0.2, 0.25) is 0 Å².